The number of rotatable bonds is 3. The zero-order valence-corrected chi connectivity index (χ0v) is 10.8. The summed E-state index contributed by atoms with van der Waals surface area (Å²) in [6.45, 7) is 0.336. The van der Waals surface area contributed by atoms with Gasteiger partial charge in [0.25, 0.3) is 0 Å². The third-order valence-electron chi connectivity index (χ3n) is 2.34. The lowest BCUT2D eigenvalue weighted by atomic mass is 10.2. The Morgan fingerprint density at radius 3 is 2.63 bits per heavy atom. The maximum atomic E-state index is 13.4. The van der Waals surface area contributed by atoms with E-state index in [4.69, 9.17) is 10.5 Å². The molecule has 2 aromatic rings. The molecule has 0 spiro atoms. The second-order valence-corrected chi connectivity index (χ2v) is 4.60. The summed E-state index contributed by atoms with van der Waals surface area (Å²) in [5, 5.41) is 1.84. The van der Waals surface area contributed by atoms with Crippen molar-refractivity contribution >= 4 is 11.3 Å². The van der Waals surface area contributed by atoms with Crippen LogP contribution in [-0.2, 0) is 6.61 Å². The van der Waals surface area contributed by atoms with E-state index in [9.17, 15) is 8.78 Å². The topological polar surface area (TPSA) is 35.2 Å². The minimum absolute atomic E-state index is 0.0735. The van der Waals surface area contributed by atoms with Crippen molar-refractivity contribution in [3.63, 3.8) is 0 Å². The van der Waals surface area contributed by atoms with Crippen molar-refractivity contribution in [3.05, 3.63) is 51.7 Å². The normalized spacial score (nSPS) is 9.84. The summed E-state index contributed by atoms with van der Waals surface area (Å²) in [4.78, 5) is 0.809. The molecule has 0 saturated carbocycles. The van der Waals surface area contributed by atoms with E-state index in [-0.39, 0.29) is 18.9 Å². The van der Waals surface area contributed by atoms with Crippen LogP contribution in [0.15, 0.2) is 29.6 Å². The average Bonchev–Trinajstić information content (AvgIpc) is 2.83. The fourth-order valence-electron chi connectivity index (χ4n) is 1.47. The first-order valence-electron chi connectivity index (χ1n) is 5.54. The van der Waals surface area contributed by atoms with Gasteiger partial charge >= 0.3 is 0 Å². The Labute approximate surface area is 113 Å². The van der Waals surface area contributed by atoms with Crippen LogP contribution in [0.4, 0.5) is 8.78 Å². The monoisotopic (exact) mass is 279 g/mol. The van der Waals surface area contributed by atoms with Crippen molar-refractivity contribution in [2.24, 2.45) is 5.73 Å². The highest BCUT2D eigenvalue weighted by atomic mass is 32.1. The zero-order valence-electron chi connectivity index (χ0n) is 9.95. The van der Waals surface area contributed by atoms with Gasteiger partial charge in [0.15, 0.2) is 17.4 Å². The second kappa shape index (κ2) is 6.32. The maximum Gasteiger partial charge on any atom is 0.191 e. The number of para-hydroxylation sites is 1. The molecule has 2 rings (SSSR count). The van der Waals surface area contributed by atoms with Crippen LogP contribution in [0.2, 0.25) is 0 Å². The van der Waals surface area contributed by atoms with Crippen LogP contribution in [0.5, 0.6) is 5.75 Å². The van der Waals surface area contributed by atoms with Gasteiger partial charge in [-0.05, 0) is 23.6 Å². The van der Waals surface area contributed by atoms with Gasteiger partial charge < -0.3 is 10.5 Å². The molecule has 0 radical (unpaired) electrons. The van der Waals surface area contributed by atoms with Crippen molar-refractivity contribution in [3.8, 4) is 17.6 Å². The molecule has 0 aliphatic heterocycles. The Morgan fingerprint density at radius 2 is 1.95 bits per heavy atom. The number of nitrogens with two attached hydrogens (primary N) is 1. The van der Waals surface area contributed by atoms with Crippen molar-refractivity contribution < 1.29 is 13.5 Å². The van der Waals surface area contributed by atoms with Gasteiger partial charge in [-0.2, -0.15) is 0 Å². The summed E-state index contributed by atoms with van der Waals surface area (Å²) in [6, 6.07) is 5.43. The molecule has 2 nitrogen and oxygen atoms in total. The first-order valence-corrected chi connectivity index (χ1v) is 6.42. The van der Waals surface area contributed by atoms with Crippen molar-refractivity contribution in [1.29, 1.82) is 0 Å². The smallest absolute Gasteiger partial charge is 0.191 e. The van der Waals surface area contributed by atoms with Gasteiger partial charge in [0.05, 0.1) is 11.4 Å². The summed E-state index contributed by atoms with van der Waals surface area (Å²) < 4.78 is 31.9. The van der Waals surface area contributed by atoms with E-state index in [1.165, 1.54) is 17.4 Å². The second-order valence-electron chi connectivity index (χ2n) is 3.60. The first kappa shape index (κ1) is 13.5. The molecule has 1 aromatic heterocycles. The van der Waals surface area contributed by atoms with Gasteiger partial charge in [0, 0.05) is 5.56 Å². The standard InChI is InChI=1S/C14H11F2NOS/c15-11-4-1-5-12(16)14(11)18-9-13-10(3-2-7-17)6-8-19-13/h1,4-6,8H,7,9,17H2. The molecular formula is C14H11F2NOS. The molecule has 0 unspecified atom stereocenters. The quantitative estimate of drug-likeness (QED) is 0.877. The molecular weight excluding hydrogens is 268 g/mol. The molecule has 0 amide bonds. The van der Waals surface area contributed by atoms with Gasteiger partial charge in [-0.15, -0.1) is 11.3 Å². The van der Waals surface area contributed by atoms with E-state index in [0.29, 0.717) is 0 Å². The third kappa shape index (κ3) is 3.31. The Hall–Kier alpha value is -1.90. The number of hydrogen-bond acceptors (Lipinski definition) is 3. The third-order valence-corrected chi connectivity index (χ3v) is 3.23. The van der Waals surface area contributed by atoms with Crippen molar-refractivity contribution in [2.75, 3.05) is 6.54 Å². The van der Waals surface area contributed by atoms with Gasteiger partial charge in [0.1, 0.15) is 6.61 Å². The number of benzene rings is 1. The number of halogens is 2. The highest BCUT2D eigenvalue weighted by Crippen LogP contribution is 2.24. The largest absolute Gasteiger partial charge is 0.482 e. The molecule has 5 heteroatoms. The van der Waals surface area contributed by atoms with E-state index in [2.05, 4.69) is 11.8 Å². The number of hydrogen-bond donors (Lipinski definition) is 1. The van der Waals surface area contributed by atoms with E-state index in [1.807, 2.05) is 11.4 Å². The van der Waals surface area contributed by atoms with E-state index < -0.39 is 11.6 Å². The predicted octanol–water partition coefficient (Wildman–Crippen LogP) is 2.92. The summed E-state index contributed by atoms with van der Waals surface area (Å²) in [6.07, 6.45) is 0. The minimum atomic E-state index is -0.717. The van der Waals surface area contributed by atoms with Crippen LogP contribution in [0.1, 0.15) is 10.4 Å². The van der Waals surface area contributed by atoms with Crippen LogP contribution in [-0.4, -0.2) is 6.54 Å². The van der Waals surface area contributed by atoms with Gasteiger partial charge in [-0.1, -0.05) is 17.9 Å². The number of ether oxygens (including phenoxy) is 1. The van der Waals surface area contributed by atoms with E-state index in [0.717, 1.165) is 22.6 Å². The van der Waals surface area contributed by atoms with Gasteiger partial charge in [-0.3, -0.25) is 0 Å². The number of thiophene rings is 1. The van der Waals surface area contributed by atoms with E-state index in [1.54, 1.807) is 0 Å². The SMILES string of the molecule is NCC#Cc1ccsc1COc1c(F)cccc1F. The van der Waals surface area contributed by atoms with E-state index >= 15 is 0 Å². The highest BCUT2D eigenvalue weighted by molar-refractivity contribution is 7.10. The lowest BCUT2D eigenvalue weighted by Gasteiger charge is -2.07. The van der Waals surface area contributed by atoms with Crippen LogP contribution in [0, 0.1) is 23.5 Å². The van der Waals surface area contributed by atoms with Crippen molar-refractivity contribution in [1.82, 2.24) is 0 Å². The molecule has 98 valence electrons. The molecule has 19 heavy (non-hydrogen) atoms. The van der Waals surface area contributed by atoms with Crippen LogP contribution < -0.4 is 10.5 Å². The summed E-state index contributed by atoms with van der Waals surface area (Å²) in [5.41, 5.74) is 6.07. The summed E-state index contributed by atoms with van der Waals surface area (Å²) in [7, 11) is 0. The molecule has 2 N–H and O–H groups in total. The van der Waals surface area contributed by atoms with Gasteiger partial charge in [-0.25, -0.2) is 8.78 Å². The lowest BCUT2D eigenvalue weighted by molar-refractivity contribution is 0.277. The first-order chi connectivity index (χ1) is 9.22. The fraction of sp³-hybridized carbons (Fsp3) is 0.143. The van der Waals surface area contributed by atoms with Gasteiger partial charge in [0.2, 0.25) is 0 Å². The lowest BCUT2D eigenvalue weighted by Crippen LogP contribution is -1.99. The zero-order chi connectivity index (χ0) is 13.7. The average molecular weight is 279 g/mol. The Kier molecular flexibility index (Phi) is 4.50. The van der Waals surface area contributed by atoms with Crippen LogP contribution >= 0.6 is 11.3 Å². The Bertz CT molecular complexity index is 608. The molecule has 0 bridgehead atoms. The van der Waals surface area contributed by atoms with Crippen LogP contribution in [0.3, 0.4) is 0 Å². The molecule has 1 heterocycles. The molecule has 1 aromatic carbocycles. The predicted molar refractivity (Wildman–Crippen MR) is 70.9 cm³/mol. The highest BCUT2D eigenvalue weighted by Gasteiger charge is 2.11. The summed E-state index contributed by atoms with van der Waals surface area (Å²) in [5.74, 6) is 3.82. The molecule has 0 aliphatic carbocycles. The van der Waals surface area contributed by atoms with Crippen LogP contribution in [0.25, 0.3) is 0 Å². The van der Waals surface area contributed by atoms with Crippen molar-refractivity contribution in [2.45, 2.75) is 6.61 Å². The minimum Gasteiger partial charge on any atom is -0.482 e. The molecule has 0 fully saturated rings. The Morgan fingerprint density at radius 1 is 1.21 bits per heavy atom. The Balaban J connectivity index is 2.13. The molecule has 0 atom stereocenters. The molecule has 0 aliphatic rings. The maximum absolute atomic E-state index is 13.4. The molecule has 0 saturated heterocycles. The fourth-order valence-corrected chi connectivity index (χ4v) is 2.21. The summed E-state index contributed by atoms with van der Waals surface area (Å²) >= 11 is 1.42.